The quantitative estimate of drug-likeness (QED) is 0.784. The molecule has 1 saturated carbocycles. The van der Waals surface area contributed by atoms with Crippen molar-refractivity contribution in [3.63, 3.8) is 0 Å². The summed E-state index contributed by atoms with van der Waals surface area (Å²) in [6.45, 7) is 5.64. The van der Waals surface area contributed by atoms with Crippen LogP contribution in [0.2, 0.25) is 0 Å². The first-order valence-electron chi connectivity index (χ1n) is 6.34. The molecule has 0 spiro atoms. The molecule has 0 saturated heterocycles. The molecule has 0 radical (unpaired) electrons. The van der Waals surface area contributed by atoms with Crippen LogP contribution in [0.15, 0.2) is 0 Å². The van der Waals surface area contributed by atoms with Crippen LogP contribution in [0.5, 0.6) is 0 Å². The second-order valence-corrected chi connectivity index (χ2v) is 4.49. The molecule has 4 heteroatoms. The summed E-state index contributed by atoms with van der Waals surface area (Å²) in [5.41, 5.74) is 5.75. The van der Waals surface area contributed by atoms with Crippen LogP contribution in [0.4, 0.5) is 4.79 Å². The Kier molecular flexibility index (Phi) is 5.06. The average Bonchev–Trinajstić information content (AvgIpc) is 2.75. The standard InChI is InChI=1S/C12H24N2O2/c1-3-9-14(11(15)16-4-2)12(10-13)7-5-6-8-12/h3-10,13H2,1-2H3. The summed E-state index contributed by atoms with van der Waals surface area (Å²) < 4.78 is 5.13. The van der Waals surface area contributed by atoms with Crippen LogP contribution in [-0.2, 0) is 4.74 Å². The van der Waals surface area contributed by atoms with Crippen molar-refractivity contribution in [1.82, 2.24) is 4.90 Å². The van der Waals surface area contributed by atoms with Gasteiger partial charge in [-0.1, -0.05) is 19.8 Å². The van der Waals surface area contributed by atoms with Crippen molar-refractivity contribution in [3.8, 4) is 0 Å². The highest BCUT2D eigenvalue weighted by Crippen LogP contribution is 2.35. The van der Waals surface area contributed by atoms with E-state index in [-0.39, 0.29) is 11.6 Å². The molecule has 1 rings (SSSR count). The Hall–Kier alpha value is -0.770. The van der Waals surface area contributed by atoms with E-state index in [0.717, 1.165) is 38.6 Å². The third-order valence-electron chi connectivity index (χ3n) is 3.42. The second kappa shape index (κ2) is 6.09. The fourth-order valence-electron chi connectivity index (χ4n) is 2.56. The summed E-state index contributed by atoms with van der Waals surface area (Å²) >= 11 is 0. The van der Waals surface area contributed by atoms with Gasteiger partial charge in [0.1, 0.15) is 0 Å². The summed E-state index contributed by atoms with van der Waals surface area (Å²) in [5.74, 6) is 0. The molecule has 0 aliphatic heterocycles. The lowest BCUT2D eigenvalue weighted by Gasteiger charge is -2.39. The molecule has 94 valence electrons. The van der Waals surface area contributed by atoms with E-state index in [1.54, 1.807) is 0 Å². The molecule has 0 unspecified atom stereocenters. The minimum absolute atomic E-state index is 0.137. The molecule has 1 amide bonds. The zero-order valence-corrected chi connectivity index (χ0v) is 10.5. The maximum absolute atomic E-state index is 11.9. The Labute approximate surface area is 98.1 Å². The first-order chi connectivity index (χ1) is 7.70. The third kappa shape index (κ3) is 2.67. The molecule has 16 heavy (non-hydrogen) atoms. The van der Waals surface area contributed by atoms with Gasteiger partial charge >= 0.3 is 6.09 Å². The highest BCUT2D eigenvalue weighted by atomic mass is 16.6. The predicted octanol–water partition coefficient (Wildman–Crippen LogP) is 2.13. The van der Waals surface area contributed by atoms with E-state index in [0.29, 0.717) is 13.2 Å². The van der Waals surface area contributed by atoms with Crippen molar-refractivity contribution in [3.05, 3.63) is 0 Å². The van der Waals surface area contributed by atoms with Gasteiger partial charge in [-0.05, 0) is 26.2 Å². The molecule has 0 aromatic carbocycles. The lowest BCUT2D eigenvalue weighted by atomic mass is 9.95. The maximum Gasteiger partial charge on any atom is 0.410 e. The summed E-state index contributed by atoms with van der Waals surface area (Å²) in [4.78, 5) is 13.8. The van der Waals surface area contributed by atoms with E-state index < -0.39 is 0 Å². The van der Waals surface area contributed by atoms with Gasteiger partial charge in [0.15, 0.2) is 0 Å². The van der Waals surface area contributed by atoms with E-state index >= 15 is 0 Å². The van der Waals surface area contributed by atoms with Gasteiger partial charge in [0.25, 0.3) is 0 Å². The van der Waals surface area contributed by atoms with E-state index in [1.165, 1.54) is 0 Å². The number of ether oxygens (including phenoxy) is 1. The van der Waals surface area contributed by atoms with E-state index in [1.807, 2.05) is 11.8 Å². The third-order valence-corrected chi connectivity index (χ3v) is 3.42. The molecule has 0 aromatic heterocycles. The molecular formula is C12H24N2O2. The number of carbonyl (C=O) groups is 1. The molecule has 0 aromatic rings. The number of amides is 1. The van der Waals surface area contributed by atoms with Gasteiger partial charge in [0.05, 0.1) is 12.1 Å². The molecule has 1 aliphatic carbocycles. The van der Waals surface area contributed by atoms with Crippen molar-refractivity contribution in [2.75, 3.05) is 19.7 Å². The topological polar surface area (TPSA) is 55.6 Å². The van der Waals surface area contributed by atoms with Gasteiger partial charge in [-0.2, -0.15) is 0 Å². The lowest BCUT2D eigenvalue weighted by Crippen LogP contribution is -2.55. The minimum Gasteiger partial charge on any atom is -0.450 e. The highest BCUT2D eigenvalue weighted by molar-refractivity contribution is 5.68. The number of carbonyl (C=O) groups excluding carboxylic acids is 1. The van der Waals surface area contributed by atoms with Crippen LogP contribution < -0.4 is 5.73 Å². The van der Waals surface area contributed by atoms with Crippen LogP contribution in [0.3, 0.4) is 0 Å². The van der Waals surface area contributed by atoms with Crippen molar-refractivity contribution < 1.29 is 9.53 Å². The van der Waals surface area contributed by atoms with Crippen LogP contribution in [-0.4, -0.2) is 36.2 Å². The highest BCUT2D eigenvalue weighted by Gasteiger charge is 2.41. The van der Waals surface area contributed by atoms with Crippen LogP contribution >= 0.6 is 0 Å². The second-order valence-electron chi connectivity index (χ2n) is 4.49. The van der Waals surface area contributed by atoms with Gasteiger partial charge in [0.2, 0.25) is 0 Å². The van der Waals surface area contributed by atoms with Gasteiger partial charge in [-0.3, -0.25) is 0 Å². The van der Waals surface area contributed by atoms with E-state index in [9.17, 15) is 4.79 Å². The lowest BCUT2D eigenvalue weighted by molar-refractivity contribution is 0.0563. The number of hydrogen-bond donors (Lipinski definition) is 1. The van der Waals surface area contributed by atoms with Crippen LogP contribution in [0.1, 0.15) is 46.0 Å². The average molecular weight is 228 g/mol. The molecule has 1 aliphatic rings. The maximum atomic E-state index is 11.9. The summed E-state index contributed by atoms with van der Waals surface area (Å²) in [6, 6.07) is 0. The molecule has 1 fully saturated rings. The first-order valence-corrected chi connectivity index (χ1v) is 6.34. The van der Waals surface area contributed by atoms with Crippen LogP contribution in [0.25, 0.3) is 0 Å². The zero-order chi connectivity index (χ0) is 12.0. The van der Waals surface area contributed by atoms with Crippen LogP contribution in [0, 0.1) is 0 Å². The number of nitrogens with two attached hydrogens (primary N) is 1. The molecule has 0 bridgehead atoms. The molecule has 4 nitrogen and oxygen atoms in total. The molecule has 0 heterocycles. The fourth-order valence-corrected chi connectivity index (χ4v) is 2.56. The summed E-state index contributed by atoms with van der Waals surface area (Å²) in [7, 11) is 0. The smallest absolute Gasteiger partial charge is 0.410 e. The summed E-state index contributed by atoms with van der Waals surface area (Å²) in [6.07, 6.45) is 5.11. The Balaban J connectivity index is 2.77. The SMILES string of the molecule is CCCN(C(=O)OCC)C1(CN)CCCC1. The van der Waals surface area contributed by atoms with Gasteiger partial charge in [-0.25, -0.2) is 4.79 Å². The Bertz CT molecular complexity index is 225. The van der Waals surface area contributed by atoms with Crippen molar-refractivity contribution in [2.24, 2.45) is 5.73 Å². The molecule has 0 atom stereocenters. The van der Waals surface area contributed by atoms with Crippen molar-refractivity contribution in [1.29, 1.82) is 0 Å². The number of rotatable bonds is 5. The molecule has 2 N–H and O–H groups in total. The van der Waals surface area contributed by atoms with E-state index in [2.05, 4.69) is 6.92 Å². The normalized spacial score (nSPS) is 18.4. The monoisotopic (exact) mass is 228 g/mol. The van der Waals surface area contributed by atoms with Crippen molar-refractivity contribution in [2.45, 2.75) is 51.5 Å². The Morgan fingerprint density at radius 1 is 1.38 bits per heavy atom. The summed E-state index contributed by atoms with van der Waals surface area (Å²) in [5, 5.41) is 0. The zero-order valence-electron chi connectivity index (χ0n) is 10.5. The minimum atomic E-state index is -0.197. The number of hydrogen-bond acceptors (Lipinski definition) is 3. The number of nitrogens with zero attached hydrogens (tertiary/aromatic N) is 1. The van der Waals surface area contributed by atoms with Gasteiger partial charge < -0.3 is 15.4 Å². The Morgan fingerprint density at radius 3 is 2.44 bits per heavy atom. The molecular weight excluding hydrogens is 204 g/mol. The van der Waals surface area contributed by atoms with Crippen molar-refractivity contribution >= 4 is 6.09 Å². The van der Waals surface area contributed by atoms with Gasteiger partial charge in [-0.15, -0.1) is 0 Å². The van der Waals surface area contributed by atoms with Gasteiger partial charge in [0, 0.05) is 13.1 Å². The fraction of sp³-hybridized carbons (Fsp3) is 0.917. The predicted molar refractivity (Wildman–Crippen MR) is 64.3 cm³/mol. The van der Waals surface area contributed by atoms with E-state index in [4.69, 9.17) is 10.5 Å². The Morgan fingerprint density at radius 2 is 2.00 bits per heavy atom. The first kappa shape index (κ1) is 13.3. The largest absolute Gasteiger partial charge is 0.450 e.